The van der Waals surface area contributed by atoms with E-state index in [1.807, 2.05) is 37.4 Å². The second-order valence-corrected chi connectivity index (χ2v) is 7.26. The normalized spacial score (nSPS) is 15.2. The van der Waals surface area contributed by atoms with Crippen LogP contribution in [-0.2, 0) is 4.74 Å². The average Bonchev–Trinajstić information content (AvgIpc) is 2.82. The molecule has 0 radical (unpaired) electrons. The lowest BCUT2D eigenvalue weighted by Gasteiger charge is -2.27. The summed E-state index contributed by atoms with van der Waals surface area (Å²) >= 11 is 0. The highest BCUT2D eigenvalue weighted by molar-refractivity contribution is 5.93. The van der Waals surface area contributed by atoms with Gasteiger partial charge in [-0.05, 0) is 49.8 Å². The van der Waals surface area contributed by atoms with E-state index in [1.165, 1.54) is 5.57 Å². The summed E-state index contributed by atoms with van der Waals surface area (Å²) < 4.78 is 5.43. The Bertz CT molecular complexity index is 1110. The highest BCUT2D eigenvalue weighted by Gasteiger charge is 2.13. The van der Waals surface area contributed by atoms with Gasteiger partial charge < -0.3 is 9.64 Å². The Labute approximate surface area is 178 Å². The Kier molecular flexibility index (Phi) is 5.92. The van der Waals surface area contributed by atoms with Crippen LogP contribution in [0, 0.1) is 12.1 Å². The fourth-order valence-corrected chi connectivity index (χ4v) is 3.49. The smallest absolute Gasteiger partial charge is 0.128 e. The summed E-state index contributed by atoms with van der Waals surface area (Å²) in [7, 11) is 0. The van der Waals surface area contributed by atoms with Crippen LogP contribution in [-0.4, -0.2) is 36.3 Å². The molecular formula is C26H25N3O. The molecule has 4 heteroatoms. The van der Waals surface area contributed by atoms with Crippen molar-refractivity contribution >= 4 is 22.3 Å². The number of hydrogen-bond donors (Lipinski definition) is 0. The molecule has 0 atom stereocenters. The molecule has 0 N–H and O–H groups in total. The number of anilines is 1. The van der Waals surface area contributed by atoms with Crippen molar-refractivity contribution in [2.45, 2.75) is 13.8 Å². The lowest BCUT2D eigenvalue weighted by molar-refractivity contribution is 0.122. The van der Waals surface area contributed by atoms with Crippen molar-refractivity contribution in [2.75, 3.05) is 31.2 Å². The largest absolute Gasteiger partial charge is 0.378 e. The monoisotopic (exact) mass is 395 g/mol. The summed E-state index contributed by atoms with van der Waals surface area (Å²) in [6.45, 7) is 11.3. The lowest BCUT2D eigenvalue weighted by atomic mass is 10.0. The van der Waals surface area contributed by atoms with Gasteiger partial charge in [0.1, 0.15) is 5.82 Å². The van der Waals surface area contributed by atoms with Crippen molar-refractivity contribution in [3.05, 3.63) is 84.7 Å². The predicted octanol–water partition coefficient (Wildman–Crippen LogP) is 5.27. The van der Waals surface area contributed by atoms with Crippen LogP contribution in [0.4, 0.5) is 5.82 Å². The first kappa shape index (κ1) is 19.9. The molecule has 4 rings (SSSR count). The number of allylic oxidation sites excluding steroid dienone is 5. The molecule has 30 heavy (non-hydrogen) atoms. The minimum atomic E-state index is 0.746. The molecule has 150 valence electrons. The molecule has 0 saturated carbocycles. The first-order chi connectivity index (χ1) is 14.7. The van der Waals surface area contributed by atoms with E-state index in [0.29, 0.717) is 0 Å². The van der Waals surface area contributed by atoms with Gasteiger partial charge in [-0.1, -0.05) is 42.5 Å². The predicted molar refractivity (Wildman–Crippen MR) is 123 cm³/mol. The van der Waals surface area contributed by atoms with Crippen LogP contribution < -0.4 is 4.90 Å². The van der Waals surface area contributed by atoms with Crippen LogP contribution in [0.25, 0.3) is 27.6 Å². The van der Waals surface area contributed by atoms with Crippen LogP contribution in [0.15, 0.2) is 66.9 Å². The molecule has 0 unspecified atom stereocenters. The second kappa shape index (κ2) is 8.94. The maximum Gasteiger partial charge on any atom is 0.128 e. The molecule has 1 aliphatic heterocycles. The number of ether oxygens (including phenoxy) is 1. The van der Waals surface area contributed by atoms with E-state index in [0.717, 1.165) is 65.4 Å². The van der Waals surface area contributed by atoms with Crippen molar-refractivity contribution in [3.63, 3.8) is 0 Å². The van der Waals surface area contributed by atoms with Crippen molar-refractivity contribution in [3.8, 4) is 11.1 Å². The first-order valence-corrected chi connectivity index (χ1v) is 10.2. The van der Waals surface area contributed by atoms with Gasteiger partial charge in [0.15, 0.2) is 0 Å². The third-order valence-electron chi connectivity index (χ3n) is 5.32. The van der Waals surface area contributed by atoms with Crippen LogP contribution in [0.3, 0.4) is 0 Å². The van der Waals surface area contributed by atoms with Gasteiger partial charge in [-0.15, -0.1) is 0 Å². The summed E-state index contributed by atoms with van der Waals surface area (Å²) in [6.07, 6.45) is 7.92. The first-order valence-electron chi connectivity index (χ1n) is 10.2. The zero-order valence-electron chi connectivity index (χ0n) is 17.5. The minimum Gasteiger partial charge on any atom is -0.378 e. The van der Waals surface area contributed by atoms with Crippen molar-refractivity contribution in [1.29, 1.82) is 0 Å². The molecule has 1 fully saturated rings. The molecule has 0 bridgehead atoms. The molecule has 3 aromatic rings. The van der Waals surface area contributed by atoms with E-state index in [9.17, 15) is 0 Å². The van der Waals surface area contributed by atoms with E-state index in [1.54, 1.807) is 0 Å². The molecule has 0 spiro atoms. The fourth-order valence-electron chi connectivity index (χ4n) is 3.49. The molecule has 2 aromatic heterocycles. The van der Waals surface area contributed by atoms with E-state index in [2.05, 4.69) is 54.8 Å². The highest BCUT2D eigenvalue weighted by atomic mass is 16.5. The van der Waals surface area contributed by atoms with Crippen molar-refractivity contribution < 1.29 is 4.74 Å². The third kappa shape index (κ3) is 4.12. The Morgan fingerprint density at radius 3 is 2.73 bits per heavy atom. The Hall–Kier alpha value is -3.42. The third-order valence-corrected chi connectivity index (χ3v) is 5.32. The van der Waals surface area contributed by atoms with Gasteiger partial charge in [0, 0.05) is 30.4 Å². The molecule has 1 saturated heterocycles. The standard InChI is InChI=1S/C26H25N3O/c1-4-19(3)17-20(5-2)24-11-9-21-7-6-8-23(26(21)28-24)22-10-12-25(27-18-22)29-13-15-30-16-14-29/h4-5,8-12,17-18H,2,13-16H2,1,3H3/b19-4+,20-17+. The van der Waals surface area contributed by atoms with Gasteiger partial charge in [-0.25, -0.2) is 9.97 Å². The summed E-state index contributed by atoms with van der Waals surface area (Å²) in [5.74, 6) is 0.977. The van der Waals surface area contributed by atoms with Crippen LogP contribution >= 0.6 is 0 Å². The number of morpholine rings is 1. The Morgan fingerprint density at radius 2 is 2.03 bits per heavy atom. The number of pyridine rings is 2. The lowest BCUT2D eigenvalue weighted by Crippen LogP contribution is -2.36. The Balaban J connectivity index is 1.74. The van der Waals surface area contributed by atoms with E-state index in [-0.39, 0.29) is 0 Å². The summed E-state index contributed by atoms with van der Waals surface area (Å²) in [5.41, 5.74) is 5.95. The number of fused-ring (bicyclic) bond motifs is 1. The molecule has 0 aliphatic carbocycles. The minimum absolute atomic E-state index is 0.746. The molecule has 0 amide bonds. The Morgan fingerprint density at radius 1 is 1.20 bits per heavy atom. The molecule has 4 nitrogen and oxygen atoms in total. The molecular weight excluding hydrogens is 370 g/mol. The van der Waals surface area contributed by atoms with Gasteiger partial charge in [0.05, 0.1) is 29.8 Å². The molecule has 3 heterocycles. The zero-order chi connectivity index (χ0) is 20.9. The van der Waals surface area contributed by atoms with E-state index in [4.69, 9.17) is 14.7 Å². The SMILES string of the molecule is C=C/C(=C\C(C)=C\C)c1ccc2c#ccc(-c3ccc(N4CCOCC4)nc3)c2n1. The van der Waals surface area contributed by atoms with Gasteiger partial charge in [-0.3, -0.25) is 0 Å². The van der Waals surface area contributed by atoms with Gasteiger partial charge in [0.25, 0.3) is 0 Å². The number of nitrogens with zero attached hydrogens (tertiary/aromatic N) is 3. The quantitative estimate of drug-likeness (QED) is 0.552. The molecule has 1 aliphatic rings. The topological polar surface area (TPSA) is 38.2 Å². The van der Waals surface area contributed by atoms with Crippen LogP contribution in [0.2, 0.25) is 0 Å². The van der Waals surface area contributed by atoms with Crippen molar-refractivity contribution in [1.82, 2.24) is 9.97 Å². The summed E-state index contributed by atoms with van der Waals surface area (Å²) in [6, 6.07) is 16.4. The van der Waals surface area contributed by atoms with Gasteiger partial charge >= 0.3 is 0 Å². The average molecular weight is 396 g/mol. The number of hydrogen-bond acceptors (Lipinski definition) is 4. The maximum absolute atomic E-state index is 5.43. The number of rotatable bonds is 5. The zero-order valence-corrected chi connectivity index (χ0v) is 17.5. The highest BCUT2D eigenvalue weighted by Crippen LogP contribution is 2.28. The van der Waals surface area contributed by atoms with Gasteiger partial charge in [0.2, 0.25) is 0 Å². The van der Waals surface area contributed by atoms with Crippen LogP contribution in [0.5, 0.6) is 0 Å². The molecule has 1 aromatic carbocycles. The van der Waals surface area contributed by atoms with Gasteiger partial charge in [-0.2, -0.15) is 0 Å². The van der Waals surface area contributed by atoms with Crippen molar-refractivity contribution in [2.24, 2.45) is 0 Å². The number of aromatic nitrogens is 2. The second-order valence-electron chi connectivity index (χ2n) is 7.26. The van der Waals surface area contributed by atoms with E-state index < -0.39 is 0 Å². The van der Waals surface area contributed by atoms with E-state index >= 15 is 0 Å². The fraction of sp³-hybridized carbons (Fsp3) is 0.231. The summed E-state index contributed by atoms with van der Waals surface area (Å²) in [5, 5.41) is 0.930. The maximum atomic E-state index is 5.43. The summed E-state index contributed by atoms with van der Waals surface area (Å²) in [4.78, 5) is 11.9. The van der Waals surface area contributed by atoms with Crippen LogP contribution in [0.1, 0.15) is 19.5 Å².